The number of hydrogen-bond acceptors (Lipinski definition) is 1. The third-order valence-corrected chi connectivity index (χ3v) is 3.67. The lowest BCUT2D eigenvalue weighted by Crippen LogP contribution is -2.12. The van der Waals surface area contributed by atoms with Gasteiger partial charge in [-0.1, -0.05) is 18.6 Å². The lowest BCUT2D eigenvalue weighted by atomic mass is 9.78. The van der Waals surface area contributed by atoms with Gasteiger partial charge in [-0.2, -0.15) is 0 Å². The molecule has 0 amide bonds. The Hall–Kier alpha value is -0.380. The number of benzene rings is 1. The molecule has 1 saturated carbocycles. The molecule has 0 atom stereocenters. The smallest absolute Gasteiger partial charge is 0.150 e. The number of carbonyl (C=O) groups is 1. The van der Waals surface area contributed by atoms with Gasteiger partial charge >= 0.3 is 0 Å². The van der Waals surface area contributed by atoms with Crippen LogP contribution in [0, 0.1) is 3.57 Å². The first-order valence-corrected chi connectivity index (χ1v) is 5.64. The highest BCUT2D eigenvalue weighted by Gasteiger charge is 2.23. The van der Waals surface area contributed by atoms with Crippen molar-refractivity contribution in [2.24, 2.45) is 0 Å². The maximum atomic E-state index is 10.8. The molecule has 1 aromatic rings. The van der Waals surface area contributed by atoms with E-state index in [9.17, 15) is 4.79 Å². The summed E-state index contributed by atoms with van der Waals surface area (Å²) in [6.07, 6.45) is 4.80. The van der Waals surface area contributed by atoms with Crippen molar-refractivity contribution in [3.63, 3.8) is 0 Å². The van der Waals surface area contributed by atoms with Gasteiger partial charge in [0.2, 0.25) is 0 Å². The molecule has 1 aliphatic carbocycles. The number of carbonyl (C=O) groups excluding carboxylic acids is 1. The molecule has 0 spiro atoms. The van der Waals surface area contributed by atoms with E-state index >= 15 is 0 Å². The molecule has 0 bridgehead atoms. The Balaban J connectivity index is 2.44. The average molecular weight is 286 g/mol. The summed E-state index contributed by atoms with van der Waals surface area (Å²) in [5, 5.41) is 0. The molecule has 68 valence electrons. The maximum absolute atomic E-state index is 10.8. The van der Waals surface area contributed by atoms with E-state index in [4.69, 9.17) is 0 Å². The third kappa shape index (κ3) is 1.64. The van der Waals surface area contributed by atoms with Gasteiger partial charge in [0.1, 0.15) is 6.29 Å². The van der Waals surface area contributed by atoms with E-state index in [1.54, 1.807) is 0 Å². The quantitative estimate of drug-likeness (QED) is 0.601. The molecule has 0 heterocycles. The number of halogens is 1. The molecular formula is C11H11IO. The zero-order chi connectivity index (χ0) is 9.26. The minimum atomic E-state index is 0.647. The van der Waals surface area contributed by atoms with E-state index < -0.39 is 0 Å². The van der Waals surface area contributed by atoms with Crippen LogP contribution >= 0.6 is 22.6 Å². The van der Waals surface area contributed by atoms with Crippen molar-refractivity contribution in [2.45, 2.75) is 25.2 Å². The topological polar surface area (TPSA) is 17.1 Å². The first-order valence-electron chi connectivity index (χ1n) is 4.56. The van der Waals surface area contributed by atoms with Gasteiger partial charge in [0, 0.05) is 9.13 Å². The summed E-state index contributed by atoms with van der Waals surface area (Å²) < 4.78 is 1.24. The summed E-state index contributed by atoms with van der Waals surface area (Å²) in [5.74, 6) is 0.647. The highest BCUT2D eigenvalue weighted by Crippen LogP contribution is 2.39. The zero-order valence-electron chi connectivity index (χ0n) is 7.29. The van der Waals surface area contributed by atoms with Crippen LogP contribution in [0.3, 0.4) is 0 Å². The largest absolute Gasteiger partial charge is 0.298 e. The fourth-order valence-corrected chi connectivity index (χ4v) is 2.74. The Morgan fingerprint density at radius 1 is 1.38 bits per heavy atom. The predicted octanol–water partition coefficient (Wildman–Crippen LogP) is 3.37. The SMILES string of the molecule is O=Cc1cccc(I)c1C1CCC1. The monoisotopic (exact) mass is 286 g/mol. The molecule has 0 unspecified atom stereocenters. The Morgan fingerprint density at radius 2 is 2.15 bits per heavy atom. The molecule has 1 fully saturated rings. The number of aldehydes is 1. The molecule has 0 N–H and O–H groups in total. The number of hydrogen-bond donors (Lipinski definition) is 0. The van der Waals surface area contributed by atoms with Crippen LogP contribution in [0.15, 0.2) is 18.2 Å². The van der Waals surface area contributed by atoms with Crippen LogP contribution in [0.5, 0.6) is 0 Å². The van der Waals surface area contributed by atoms with Crippen LogP contribution in [0.4, 0.5) is 0 Å². The first-order chi connectivity index (χ1) is 6.33. The van der Waals surface area contributed by atoms with Gasteiger partial charge in [-0.3, -0.25) is 4.79 Å². The van der Waals surface area contributed by atoms with Crippen molar-refractivity contribution < 1.29 is 4.79 Å². The van der Waals surface area contributed by atoms with Crippen LogP contribution in [0.2, 0.25) is 0 Å². The van der Waals surface area contributed by atoms with Gasteiger partial charge in [-0.25, -0.2) is 0 Å². The zero-order valence-corrected chi connectivity index (χ0v) is 9.45. The minimum Gasteiger partial charge on any atom is -0.298 e. The van der Waals surface area contributed by atoms with Crippen LogP contribution in [0.1, 0.15) is 41.1 Å². The third-order valence-electron chi connectivity index (χ3n) is 2.73. The Bertz CT molecular complexity index is 329. The summed E-state index contributed by atoms with van der Waals surface area (Å²) >= 11 is 2.32. The predicted molar refractivity (Wildman–Crippen MR) is 61.1 cm³/mol. The Morgan fingerprint density at radius 3 is 2.69 bits per heavy atom. The molecule has 2 heteroatoms. The van der Waals surface area contributed by atoms with Crippen molar-refractivity contribution in [1.29, 1.82) is 0 Å². The summed E-state index contributed by atoms with van der Waals surface area (Å²) in [4.78, 5) is 10.8. The highest BCUT2D eigenvalue weighted by atomic mass is 127. The molecule has 1 aromatic carbocycles. The second kappa shape index (κ2) is 3.78. The lowest BCUT2D eigenvalue weighted by Gasteiger charge is -2.27. The van der Waals surface area contributed by atoms with Gasteiger partial charge in [0.25, 0.3) is 0 Å². The van der Waals surface area contributed by atoms with E-state index in [1.165, 1.54) is 28.4 Å². The van der Waals surface area contributed by atoms with Gasteiger partial charge in [0.15, 0.2) is 0 Å². The molecule has 0 aromatic heterocycles. The van der Waals surface area contributed by atoms with E-state index in [-0.39, 0.29) is 0 Å². The molecule has 1 nitrogen and oxygen atoms in total. The molecule has 0 aliphatic heterocycles. The van der Waals surface area contributed by atoms with Gasteiger partial charge < -0.3 is 0 Å². The summed E-state index contributed by atoms with van der Waals surface area (Å²) in [6.45, 7) is 0. The molecule has 2 rings (SSSR count). The summed E-state index contributed by atoms with van der Waals surface area (Å²) in [6, 6.07) is 5.96. The van der Waals surface area contributed by atoms with E-state index in [0.717, 1.165) is 11.8 Å². The van der Waals surface area contributed by atoms with E-state index in [1.807, 2.05) is 12.1 Å². The van der Waals surface area contributed by atoms with Crippen molar-refractivity contribution in [3.05, 3.63) is 32.9 Å². The van der Waals surface area contributed by atoms with Crippen molar-refractivity contribution >= 4 is 28.9 Å². The van der Waals surface area contributed by atoms with Crippen LogP contribution in [-0.2, 0) is 0 Å². The fourth-order valence-electron chi connectivity index (χ4n) is 1.78. The van der Waals surface area contributed by atoms with Crippen LogP contribution in [0.25, 0.3) is 0 Å². The van der Waals surface area contributed by atoms with Crippen molar-refractivity contribution in [1.82, 2.24) is 0 Å². The summed E-state index contributed by atoms with van der Waals surface area (Å²) in [5.41, 5.74) is 2.17. The van der Waals surface area contributed by atoms with Crippen LogP contribution in [-0.4, -0.2) is 6.29 Å². The fraction of sp³-hybridized carbons (Fsp3) is 0.364. The van der Waals surface area contributed by atoms with Crippen molar-refractivity contribution in [2.75, 3.05) is 0 Å². The average Bonchev–Trinajstić information content (AvgIpc) is 2.05. The summed E-state index contributed by atoms with van der Waals surface area (Å²) in [7, 11) is 0. The first kappa shape index (κ1) is 9.19. The molecule has 13 heavy (non-hydrogen) atoms. The Kier molecular flexibility index (Phi) is 2.67. The van der Waals surface area contributed by atoms with E-state index in [0.29, 0.717) is 5.92 Å². The van der Waals surface area contributed by atoms with Gasteiger partial charge in [0.05, 0.1) is 0 Å². The molecule has 0 saturated heterocycles. The standard InChI is InChI=1S/C11H11IO/c12-10-6-2-5-9(7-13)11(10)8-3-1-4-8/h2,5-8H,1,3-4H2. The molecule has 0 radical (unpaired) electrons. The van der Waals surface area contributed by atoms with Gasteiger partial charge in [-0.15, -0.1) is 0 Å². The van der Waals surface area contributed by atoms with Gasteiger partial charge in [-0.05, 0) is 53.0 Å². The molecule has 1 aliphatic rings. The second-order valence-corrected chi connectivity index (χ2v) is 4.65. The highest BCUT2D eigenvalue weighted by molar-refractivity contribution is 14.1. The van der Waals surface area contributed by atoms with E-state index in [2.05, 4.69) is 28.7 Å². The lowest BCUT2D eigenvalue weighted by molar-refractivity contribution is 0.112. The second-order valence-electron chi connectivity index (χ2n) is 3.49. The Labute approximate surface area is 91.7 Å². The maximum Gasteiger partial charge on any atom is 0.150 e. The van der Waals surface area contributed by atoms with Crippen molar-refractivity contribution in [3.8, 4) is 0 Å². The minimum absolute atomic E-state index is 0.647. The van der Waals surface area contributed by atoms with Crippen LogP contribution < -0.4 is 0 Å². The molecular weight excluding hydrogens is 275 g/mol. The number of rotatable bonds is 2. The normalized spacial score (nSPS) is 16.7.